The zero-order chi connectivity index (χ0) is 10.4. The van der Waals surface area contributed by atoms with Crippen molar-refractivity contribution in [3.8, 4) is 5.75 Å². The number of hydrogen-bond acceptors (Lipinski definition) is 2. The second kappa shape index (κ2) is 5.65. The van der Waals surface area contributed by atoms with E-state index in [0.29, 0.717) is 13.0 Å². The van der Waals surface area contributed by atoms with E-state index in [0.717, 1.165) is 10.2 Å². The van der Waals surface area contributed by atoms with Gasteiger partial charge in [0, 0.05) is 7.05 Å². The summed E-state index contributed by atoms with van der Waals surface area (Å²) in [5.74, 6) is 0.744. The van der Waals surface area contributed by atoms with Crippen molar-refractivity contribution in [3.63, 3.8) is 0 Å². The summed E-state index contributed by atoms with van der Waals surface area (Å²) < 4.78 is 6.30. The highest BCUT2D eigenvalue weighted by atomic mass is 79.9. The van der Waals surface area contributed by atoms with E-state index in [1.54, 1.807) is 7.05 Å². The predicted octanol–water partition coefficient (Wildman–Crippen LogP) is 1.96. The van der Waals surface area contributed by atoms with E-state index in [2.05, 4.69) is 21.2 Å². The number of amides is 1. The first kappa shape index (κ1) is 11.0. The molecule has 0 unspecified atom stereocenters. The predicted molar refractivity (Wildman–Crippen MR) is 58.3 cm³/mol. The highest BCUT2D eigenvalue weighted by Gasteiger charge is 2.01. The average molecular weight is 258 g/mol. The number of benzene rings is 1. The molecule has 0 heterocycles. The fraction of sp³-hybridized carbons (Fsp3) is 0.300. The first-order valence-electron chi connectivity index (χ1n) is 4.32. The van der Waals surface area contributed by atoms with Crippen LogP contribution in [0.3, 0.4) is 0 Å². The molecule has 0 fully saturated rings. The van der Waals surface area contributed by atoms with E-state index in [9.17, 15) is 4.79 Å². The van der Waals surface area contributed by atoms with Gasteiger partial charge in [0.15, 0.2) is 0 Å². The van der Waals surface area contributed by atoms with E-state index in [-0.39, 0.29) is 5.91 Å². The van der Waals surface area contributed by atoms with E-state index >= 15 is 0 Å². The van der Waals surface area contributed by atoms with E-state index < -0.39 is 0 Å². The molecule has 76 valence electrons. The Labute approximate surface area is 91.6 Å². The number of carbonyl (C=O) groups excluding carboxylic acids is 1. The monoisotopic (exact) mass is 257 g/mol. The molecule has 1 rings (SSSR count). The van der Waals surface area contributed by atoms with Gasteiger partial charge >= 0.3 is 0 Å². The molecule has 4 heteroatoms. The second-order valence-corrected chi connectivity index (χ2v) is 3.56. The normalized spacial score (nSPS) is 9.57. The van der Waals surface area contributed by atoms with Crippen LogP contribution in [0, 0.1) is 0 Å². The fourth-order valence-corrected chi connectivity index (χ4v) is 1.34. The van der Waals surface area contributed by atoms with Gasteiger partial charge in [-0.1, -0.05) is 12.1 Å². The van der Waals surface area contributed by atoms with Crippen molar-refractivity contribution in [1.29, 1.82) is 0 Å². The summed E-state index contributed by atoms with van der Waals surface area (Å²) in [6, 6.07) is 7.55. The highest BCUT2D eigenvalue weighted by molar-refractivity contribution is 9.10. The van der Waals surface area contributed by atoms with E-state index in [4.69, 9.17) is 4.74 Å². The lowest BCUT2D eigenvalue weighted by atomic mass is 10.3. The molecule has 1 aromatic carbocycles. The number of para-hydroxylation sites is 1. The van der Waals surface area contributed by atoms with Gasteiger partial charge in [-0.05, 0) is 28.1 Å². The maximum atomic E-state index is 10.9. The van der Waals surface area contributed by atoms with Crippen molar-refractivity contribution in [2.24, 2.45) is 0 Å². The number of rotatable bonds is 4. The lowest BCUT2D eigenvalue weighted by Gasteiger charge is -2.06. The molecular weight excluding hydrogens is 246 g/mol. The topological polar surface area (TPSA) is 38.3 Å². The molecule has 0 atom stereocenters. The van der Waals surface area contributed by atoms with Gasteiger partial charge in [-0.2, -0.15) is 0 Å². The molecule has 0 radical (unpaired) electrons. The molecule has 0 spiro atoms. The minimum atomic E-state index is -0.0166. The highest BCUT2D eigenvalue weighted by Crippen LogP contribution is 2.23. The van der Waals surface area contributed by atoms with Crippen LogP contribution in [0.25, 0.3) is 0 Å². The molecule has 0 aromatic heterocycles. The van der Waals surface area contributed by atoms with Gasteiger partial charge in [-0.25, -0.2) is 0 Å². The van der Waals surface area contributed by atoms with Gasteiger partial charge in [-0.15, -0.1) is 0 Å². The van der Waals surface area contributed by atoms with Gasteiger partial charge in [0.05, 0.1) is 17.5 Å². The van der Waals surface area contributed by atoms with Crippen molar-refractivity contribution in [2.75, 3.05) is 13.7 Å². The maximum Gasteiger partial charge on any atom is 0.223 e. The Kier molecular flexibility index (Phi) is 4.46. The minimum Gasteiger partial charge on any atom is -0.492 e. The number of carbonyl (C=O) groups is 1. The summed E-state index contributed by atoms with van der Waals surface area (Å²) in [4.78, 5) is 10.9. The Morgan fingerprint density at radius 1 is 1.50 bits per heavy atom. The van der Waals surface area contributed by atoms with Crippen LogP contribution >= 0.6 is 15.9 Å². The standard InChI is InChI=1S/C10H12BrNO2/c1-12-10(13)6-7-14-9-5-3-2-4-8(9)11/h2-5H,6-7H2,1H3,(H,12,13). The fourth-order valence-electron chi connectivity index (χ4n) is 0.940. The van der Waals surface area contributed by atoms with Crippen LogP contribution in [-0.4, -0.2) is 19.6 Å². The molecule has 0 aliphatic heterocycles. The summed E-state index contributed by atoms with van der Waals surface area (Å²) in [6.45, 7) is 0.391. The van der Waals surface area contributed by atoms with Crippen molar-refractivity contribution < 1.29 is 9.53 Å². The Morgan fingerprint density at radius 2 is 2.21 bits per heavy atom. The molecule has 0 saturated carbocycles. The SMILES string of the molecule is CNC(=O)CCOc1ccccc1Br. The van der Waals surface area contributed by atoms with Crippen LogP contribution in [0.2, 0.25) is 0 Å². The van der Waals surface area contributed by atoms with Gasteiger partial charge in [-0.3, -0.25) is 4.79 Å². The molecule has 14 heavy (non-hydrogen) atoms. The third-order valence-electron chi connectivity index (χ3n) is 1.70. The molecule has 0 saturated heterocycles. The summed E-state index contributed by atoms with van der Waals surface area (Å²) in [5.41, 5.74) is 0. The summed E-state index contributed by atoms with van der Waals surface area (Å²) in [5, 5.41) is 2.54. The number of nitrogens with one attached hydrogen (secondary N) is 1. The molecule has 1 aromatic rings. The summed E-state index contributed by atoms with van der Waals surface area (Å²) in [7, 11) is 1.61. The Bertz CT molecular complexity index is 315. The second-order valence-electron chi connectivity index (χ2n) is 2.70. The van der Waals surface area contributed by atoms with Crippen molar-refractivity contribution in [2.45, 2.75) is 6.42 Å². The minimum absolute atomic E-state index is 0.0166. The van der Waals surface area contributed by atoms with Crippen LogP contribution in [-0.2, 0) is 4.79 Å². The zero-order valence-corrected chi connectivity index (χ0v) is 9.50. The van der Waals surface area contributed by atoms with Gasteiger partial charge in [0.25, 0.3) is 0 Å². The van der Waals surface area contributed by atoms with Crippen LogP contribution in [0.5, 0.6) is 5.75 Å². The van der Waals surface area contributed by atoms with Crippen LogP contribution < -0.4 is 10.1 Å². The number of ether oxygens (including phenoxy) is 1. The van der Waals surface area contributed by atoms with Gasteiger partial charge in [0.2, 0.25) is 5.91 Å². The number of halogens is 1. The third kappa shape index (κ3) is 3.38. The lowest BCUT2D eigenvalue weighted by Crippen LogP contribution is -2.20. The molecule has 0 aliphatic rings. The quantitative estimate of drug-likeness (QED) is 0.896. The van der Waals surface area contributed by atoms with Crippen molar-refractivity contribution >= 4 is 21.8 Å². The average Bonchev–Trinajstić information content (AvgIpc) is 2.20. The molecule has 1 N–H and O–H groups in total. The summed E-state index contributed by atoms with van der Waals surface area (Å²) in [6.07, 6.45) is 0.373. The van der Waals surface area contributed by atoms with E-state index in [1.807, 2.05) is 24.3 Å². The van der Waals surface area contributed by atoms with Crippen molar-refractivity contribution in [3.05, 3.63) is 28.7 Å². The van der Waals surface area contributed by atoms with Crippen LogP contribution in [0.4, 0.5) is 0 Å². The van der Waals surface area contributed by atoms with Crippen molar-refractivity contribution in [1.82, 2.24) is 5.32 Å². The molecule has 1 amide bonds. The first-order chi connectivity index (χ1) is 6.74. The Balaban J connectivity index is 2.39. The lowest BCUT2D eigenvalue weighted by molar-refractivity contribution is -0.121. The molecule has 0 bridgehead atoms. The Hall–Kier alpha value is -1.03. The Morgan fingerprint density at radius 3 is 2.86 bits per heavy atom. The smallest absolute Gasteiger partial charge is 0.223 e. The third-order valence-corrected chi connectivity index (χ3v) is 2.36. The van der Waals surface area contributed by atoms with Crippen LogP contribution in [0.1, 0.15) is 6.42 Å². The largest absolute Gasteiger partial charge is 0.492 e. The van der Waals surface area contributed by atoms with Gasteiger partial charge < -0.3 is 10.1 Å². The summed E-state index contributed by atoms with van der Waals surface area (Å²) >= 11 is 3.36. The zero-order valence-electron chi connectivity index (χ0n) is 7.92. The van der Waals surface area contributed by atoms with Crippen LogP contribution in [0.15, 0.2) is 28.7 Å². The first-order valence-corrected chi connectivity index (χ1v) is 5.11. The molecular formula is C10H12BrNO2. The van der Waals surface area contributed by atoms with Gasteiger partial charge in [0.1, 0.15) is 5.75 Å². The van der Waals surface area contributed by atoms with E-state index in [1.165, 1.54) is 0 Å². The molecule has 0 aliphatic carbocycles. The maximum absolute atomic E-state index is 10.9. The molecule has 3 nitrogen and oxygen atoms in total. The number of hydrogen-bond donors (Lipinski definition) is 1.